The number of aromatic amines is 1. The highest BCUT2D eigenvalue weighted by Crippen LogP contribution is 2.26. The molecule has 3 rings (SSSR count). The lowest BCUT2D eigenvalue weighted by Gasteiger charge is -2.05. The molecule has 0 saturated carbocycles. The van der Waals surface area contributed by atoms with Gasteiger partial charge in [-0.1, -0.05) is 30.8 Å². The fourth-order valence-corrected chi connectivity index (χ4v) is 3.02. The second kappa shape index (κ2) is 7.61. The Bertz CT molecular complexity index is 650. The molecule has 1 fully saturated rings. The van der Waals surface area contributed by atoms with Crippen molar-refractivity contribution in [2.75, 3.05) is 17.7 Å². The molecule has 0 radical (unpaired) electrons. The van der Waals surface area contributed by atoms with E-state index >= 15 is 0 Å². The van der Waals surface area contributed by atoms with Crippen LogP contribution in [0.5, 0.6) is 0 Å². The van der Waals surface area contributed by atoms with Crippen molar-refractivity contribution in [2.24, 2.45) is 0 Å². The van der Waals surface area contributed by atoms with Gasteiger partial charge in [0, 0.05) is 12.3 Å². The Kier molecular flexibility index (Phi) is 5.30. The van der Waals surface area contributed by atoms with Crippen LogP contribution in [0.4, 0.5) is 5.69 Å². The number of amides is 1. The number of carbonyl (C=O) groups is 1. The summed E-state index contributed by atoms with van der Waals surface area (Å²) in [5.41, 5.74) is 2.06. The maximum absolute atomic E-state index is 12.0. The molecule has 122 valence electrons. The minimum absolute atomic E-state index is 0.0164. The number of benzene rings is 1. The third kappa shape index (κ3) is 4.33. The predicted molar refractivity (Wildman–Crippen MR) is 89.5 cm³/mol. The first kappa shape index (κ1) is 16.0. The van der Waals surface area contributed by atoms with Crippen molar-refractivity contribution >= 4 is 23.4 Å². The van der Waals surface area contributed by atoms with Crippen LogP contribution in [0.15, 0.2) is 29.4 Å². The summed E-state index contributed by atoms with van der Waals surface area (Å²) in [6.45, 7) is 2.87. The molecule has 1 aliphatic rings. The van der Waals surface area contributed by atoms with Crippen LogP contribution in [0.25, 0.3) is 0 Å². The molecule has 1 atom stereocenters. The van der Waals surface area contributed by atoms with E-state index in [-0.39, 0.29) is 17.8 Å². The van der Waals surface area contributed by atoms with Crippen LogP contribution in [0.3, 0.4) is 0 Å². The number of hydrogen-bond donors (Lipinski definition) is 2. The van der Waals surface area contributed by atoms with Gasteiger partial charge in [-0.2, -0.15) is 0 Å². The molecule has 0 unspecified atom stereocenters. The number of nitrogens with zero attached hydrogens (tertiary/aromatic N) is 2. The highest BCUT2D eigenvalue weighted by atomic mass is 32.2. The van der Waals surface area contributed by atoms with Crippen molar-refractivity contribution < 1.29 is 9.53 Å². The van der Waals surface area contributed by atoms with Crippen LogP contribution in [0, 0.1) is 0 Å². The molecule has 6 nitrogen and oxygen atoms in total. The molecule has 1 aromatic heterocycles. The molecular weight excluding hydrogens is 312 g/mol. The number of ether oxygens (including phenoxy) is 1. The summed E-state index contributed by atoms with van der Waals surface area (Å²) in [5.74, 6) is 0.960. The van der Waals surface area contributed by atoms with Gasteiger partial charge in [-0.15, -0.1) is 5.10 Å². The zero-order valence-corrected chi connectivity index (χ0v) is 13.9. The molecule has 2 heterocycles. The molecular formula is C16H20N4O2S. The molecule has 1 aromatic carbocycles. The zero-order valence-electron chi connectivity index (χ0n) is 13.0. The lowest BCUT2D eigenvalue weighted by Crippen LogP contribution is -2.14. The Hall–Kier alpha value is -1.86. The molecule has 2 aromatic rings. The first-order valence-electron chi connectivity index (χ1n) is 7.80. The van der Waals surface area contributed by atoms with Gasteiger partial charge in [0.1, 0.15) is 6.10 Å². The van der Waals surface area contributed by atoms with Gasteiger partial charge in [0.2, 0.25) is 11.1 Å². The molecule has 2 N–H and O–H groups in total. The van der Waals surface area contributed by atoms with E-state index < -0.39 is 0 Å². The largest absolute Gasteiger partial charge is 0.370 e. The monoisotopic (exact) mass is 332 g/mol. The van der Waals surface area contributed by atoms with Crippen molar-refractivity contribution in [2.45, 2.75) is 37.4 Å². The summed E-state index contributed by atoms with van der Waals surface area (Å²) >= 11 is 1.31. The average Bonchev–Trinajstić information content (AvgIpc) is 3.25. The third-order valence-corrected chi connectivity index (χ3v) is 4.54. The fourth-order valence-electron chi connectivity index (χ4n) is 2.41. The maximum Gasteiger partial charge on any atom is 0.234 e. The summed E-state index contributed by atoms with van der Waals surface area (Å²) < 4.78 is 5.55. The summed E-state index contributed by atoms with van der Waals surface area (Å²) in [6.07, 6.45) is 3.02. The van der Waals surface area contributed by atoms with Gasteiger partial charge in [-0.05, 0) is 37.0 Å². The number of anilines is 1. The SMILES string of the molecule is CCc1ccc(NC(=O)CSc2n[nH]c([C@H]3CCCO3)n2)cc1. The van der Waals surface area contributed by atoms with Crippen LogP contribution >= 0.6 is 11.8 Å². The summed E-state index contributed by atoms with van der Waals surface area (Å²) in [5, 5.41) is 10.5. The standard InChI is InChI=1S/C16H20N4O2S/c1-2-11-5-7-12(8-6-11)17-14(21)10-23-16-18-15(19-20-16)13-4-3-9-22-13/h5-8,13H,2-4,9-10H2,1H3,(H,17,21)(H,18,19,20)/t13-/m1/s1. The van der Waals surface area contributed by atoms with Crippen LogP contribution in [-0.4, -0.2) is 33.4 Å². The molecule has 1 amide bonds. The normalized spacial score (nSPS) is 17.3. The Morgan fingerprint density at radius 3 is 2.96 bits per heavy atom. The van der Waals surface area contributed by atoms with Crippen LogP contribution in [-0.2, 0) is 16.0 Å². The van der Waals surface area contributed by atoms with E-state index in [1.165, 1.54) is 17.3 Å². The quantitative estimate of drug-likeness (QED) is 0.795. The number of rotatable bonds is 6. The van der Waals surface area contributed by atoms with E-state index in [2.05, 4.69) is 27.4 Å². The number of carbonyl (C=O) groups excluding carboxylic acids is 1. The van der Waals surface area contributed by atoms with Gasteiger partial charge in [0.25, 0.3) is 0 Å². The van der Waals surface area contributed by atoms with Crippen molar-refractivity contribution in [3.63, 3.8) is 0 Å². The molecule has 23 heavy (non-hydrogen) atoms. The number of H-pyrrole nitrogens is 1. The highest BCUT2D eigenvalue weighted by molar-refractivity contribution is 7.99. The number of thioether (sulfide) groups is 1. The first-order chi connectivity index (χ1) is 11.2. The maximum atomic E-state index is 12.0. The van der Waals surface area contributed by atoms with E-state index in [0.717, 1.165) is 37.4 Å². The van der Waals surface area contributed by atoms with Crippen molar-refractivity contribution in [3.05, 3.63) is 35.7 Å². The predicted octanol–water partition coefficient (Wildman–Crippen LogP) is 2.95. The van der Waals surface area contributed by atoms with E-state index in [1.807, 2.05) is 24.3 Å². The zero-order chi connectivity index (χ0) is 16.1. The smallest absolute Gasteiger partial charge is 0.234 e. The number of nitrogens with one attached hydrogen (secondary N) is 2. The second-order valence-corrected chi connectivity index (χ2v) is 6.33. The molecule has 0 bridgehead atoms. The minimum atomic E-state index is -0.0669. The lowest BCUT2D eigenvalue weighted by molar-refractivity contribution is -0.113. The topological polar surface area (TPSA) is 79.9 Å². The van der Waals surface area contributed by atoms with Gasteiger partial charge >= 0.3 is 0 Å². The summed E-state index contributed by atoms with van der Waals surface area (Å²) in [6, 6.07) is 7.88. The van der Waals surface area contributed by atoms with E-state index in [1.54, 1.807) is 0 Å². The Balaban J connectivity index is 1.48. The van der Waals surface area contributed by atoms with E-state index in [9.17, 15) is 4.79 Å². The van der Waals surface area contributed by atoms with E-state index in [4.69, 9.17) is 4.74 Å². The Labute approximate surface area is 139 Å². The van der Waals surface area contributed by atoms with Gasteiger partial charge in [-0.3, -0.25) is 9.89 Å². The lowest BCUT2D eigenvalue weighted by atomic mass is 10.1. The van der Waals surface area contributed by atoms with Crippen LogP contribution in [0.1, 0.15) is 37.3 Å². The number of hydrogen-bond acceptors (Lipinski definition) is 5. The second-order valence-electron chi connectivity index (χ2n) is 5.39. The van der Waals surface area contributed by atoms with Crippen LogP contribution < -0.4 is 5.32 Å². The van der Waals surface area contributed by atoms with Crippen LogP contribution in [0.2, 0.25) is 0 Å². The average molecular weight is 332 g/mol. The summed E-state index contributed by atoms with van der Waals surface area (Å²) in [7, 11) is 0. The third-order valence-electron chi connectivity index (χ3n) is 3.70. The van der Waals surface area contributed by atoms with Gasteiger partial charge in [0.05, 0.1) is 5.75 Å². The Morgan fingerprint density at radius 2 is 2.26 bits per heavy atom. The number of aryl methyl sites for hydroxylation is 1. The minimum Gasteiger partial charge on any atom is -0.370 e. The van der Waals surface area contributed by atoms with Gasteiger partial charge in [-0.25, -0.2) is 4.98 Å². The number of aromatic nitrogens is 3. The fraction of sp³-hybridized carbons (Fsp3) is 0.438. The van der Waals surface area contributed by atoms with Crippen molar-refractivity contribution in [1.82, 2.24) is 15.2 Å². The van der Waals surface area contributed by atoms with Crippen molar-refractivity contribution in [3.8, 4) is 0 Å². The van der Waals surface area contributed by atoms with Gasteiger partial charge < -0.3 is 10.1 Å². The highest BCUT2D eigenvalue weighted by Gasteiger charge is 2.21. The molecule has 7 heteroatoms. The molecule has 0 aliphatic carbocycles. The van der Waals surface area contributed by atoms with Crippen molar-refractivity contribution in [1.29, 1.82) is 0 Å². The molecule has 1 aliphatic heterocycles. The van der Waals surface area contributed by atoms with Gasteiger partial charge in [0.15, 0.2) is 5.82 Å². The first-order valence-corrected chi connectivity index (χ1v) is 8.78. The molecule has 1 saturated heterocycles. The Morgan fingerprint density at radius 1 is 1.43 bits per heavy atom. The summed E-state index contributed by atoms with van der Waals surface area (Å²) in [4.78, 5) is 16.4. The van der Waals surface area contributed by atoms with E-state index in [0.29, 0.717) is 5.16 Å². The molecule has 0 spiro atoms.